The molecule has 3 unspecified atom stereocenters. The van der Waals surface area contributed by atoms with Crippen molar-refractivity contribution in [2.45, 2.75) is 38.9 Å². The van der Waals surface area contributed by atoms with Crippen LogP contribution >= 0.6 is 0 Å². The van der Waals surface area contributed by atoms with Gasteiger partial charge in [-0.2, -0.15) is 5.10 Å². The summed E-state index contributed by atoms with van der Waals surface area (Å²) in [6, 6.07) is 13.9. The normalized spacial score (nSPS) is 20.3. The Morgan fingerprint density at radius 1 is 1.19 bits per heavy atom. The number of nitrogens with zero attached hydrogens (tertiary/aromatic N) is 3. The van der Waals surface area contributed by atoms with Gasteiger partial charge < -0.3 is 10.1 Å². The second-order valence-corrected chi connectivity index (χ2v) is 8.04. The third-order valence-corrected chi connectivity index (χ3v) is 6.05. The number of aromatic nitrogens is 3. The standard InChI is InChI=1S/C24H30N6O2/c1-4-20-16(2)23(28-27-20)24(31)26-12-13-30-22(18-6-5-11-25-15-18)14-21(29-30)17-7-9-19(32-3)10-8-17/h5-11,14-16,20,23,27-28H,4,12-13H2,1-3H3,(H,26,31). The van der Waals surface area contributed by atoms with Crippen molar-refractivity contribution in [2.75, 3.05) is 13.7 Å². The van der Waals surface area contributed by atoms with Gasteiger partial charge in [0.15, 0.2) is 0 Å². The molecule has 1 aliphatic heterocycles. The second-order valence-electron chi connectivity index (χ2n) is 8.04. The predicted molar refractivity (Wildman–Crippen MR) is 124 cm³/mol. The fourth-order valence-electron chi connectivity index (χ4n) is 4.10. The van der Waals surface area contributed by atoms with Crippen molar-refractivity contribution >= 4 is 5.91 Å². The Morgan fingerprint density at radius 3 is 2.66 bits per heavy atom. The van der Waals surface area contributed by atoms with Gasteiger partial charge in [-0.05, 0) is 54.8 Å². The number of carbonyl (C=O) groups excluding carboxylic acids is 1. The first-order chi connectivity index (χ1) is 15.6. The second kappa shape index (κ2) is 9.93. The molecule has 2 aromatic heterocycles. The van der Waals surface area contributed by atoms with Crippen LogP contribution in [0.25, 0.3) is 22.5 Å². The molecule has 8 nitrogen and oxygen atoms in total. The lowest BCUT2D eigenvalue weighted by molar-refractivity contribution is -0.123. The lowest BCUT2D eigenvalue weighted by Crippen LogP contribution is -2.46. The van der Waals surface area contributed by atoms with Crippen LogP contribution < -0.4 is 20.9 Å². The highest BCUT2D eigenvalue weighted by Crippen LogP contribution is 2.27. The average molecular weight is 435 g/mol. The number of nitrogens with one attached hydrogen (secondary N) is 3. The highest BCUT2D eigenvalue weighted by Gasteiger charge is 2.35. The van der Waals surface area contributed by atoms with Crippen LogP contribution in [0.4, 0.5) is 0 Å². The van der Waals surface area contributed by atoms with Crippen LogP contribution in [-0.4, -0.2) is 46.4 Å². The zero-order chi connectivity index (χ0) is 22.5. The lowest BCUT2D eigenvalue weighted by Gasteiger charge is -2.17. The molecular formula is C24H30N6O2. The number of hydrogen-bond acceptors (Lipinski definition) is 6. The van der Waals surface area contributed by atoms with Gasteiger partial charge in [-0.15, -0.1) is 0 Å². The minimum atomic E-state index is -0.231. The van der Waals surface area contributed by atoms with Crippen LogP contribution in [-0.2, 0) is 11.3 Å². The molecule has 1 aliphatic rings. The van der Waals surface area contributed by atoms with Crippen LogP contribution in [0.15, 0.2) is 54.9 Å². The highest BCUT2D eigenvalue weighted by molar-refractivity contribution is 5.82. The van der Waals surface area contributed by atoms with Crippen LogP contribution in [0.2, 0.25) is 0 Å². The van der Waals surface area contributed by atoms with E-state index in [0.29, 0.717) is 19.1 Å². The number of pyridine rings is 1. The van der Waals surface area contributed by atoms with Crippen molar-refractivity contribution in [1.29, 1.82) is 0 Å². The maximum atomic E-state index is 12.7. The third-order valence-electron chi connectivity index (χ3n) is 6.05. The van der Waals surface area contributed by atoms with Gasteiger partial charge in [0.05, 0.1) is 25.0 Å². The Balaban J connectivity index is 1.49. The van der Waals surface area contributed by atoms with Crippen molar-refractivity contribution in [3.8, 4) is 28.3 Å². The van der Waals surface area contributed by atoms with Crippen LogP contribution in [0.3, 0.4) is 0 Å². The third kappa shape index (κ3) is 4.66. The van der Waals surface area contributed by atoms with Crippen LogP contribution in [0.1, 0.15) is 20.3 Å². The zero-order valence-electron chi connectivity index (χ0n) is 18.7. The summed E-state index contributed by atoms with van der Waals surface area (Å²) in [5, 5.41) is 7.87. The first kappa shape index (κ1) is 22.0. The number of methoxy groups -OCH3 is 1. The average Bonchev–Trinajstić information content (AvgIpc) is 3.43. The lowest BCUT2D eigenvalue weighted by atomic mass is 9.94. The quantitative estimate of drug-likeness (QED) is 0.505. The van der Waals surface area contributed by atoms with Gasteiger partial charge in [-0.25, -0.2) is 5.43 Å². The number of hydrogen-bond donors (Lipinski definition) is 3. The molecule has 0 radical (unpaired) electrons. The van der Waals surface area contributed by atoms with Gasteiger partial charge in [0.2, 0.25) is 5.91 Å². The first-order valence-corrected chi connectivity index (χ1v) is 11.0. The fraction of sp³-hybridized carbons (Fsp3) is 0.375. The molecule has 1 amide bonds. The van der Waals surface area contributed by atoms with Gasteiger partial charge in [0.25, 0.3) is 0 Å². The molecule has 3 aromatic rings. The summed E-state index contributed by atoms with van der Waals surface area (Å²) < 4.78 is 7.18. The van der Waals surface area contributed by atoms with Crippen molar-refractivity contribution in [1.82, 2.24) is 30.9 Å². The molecule has 3 atom stereocenters. The fourth-order valence-corrected chi connectivity index (χ4v) is 4.10. The maximum absolute atomic E-state index is 12.7. The molecule has 0 bridgehead atoms. The summed E-state index contributed by atoms with van der Waals surface area (Å²) in [4.78, 5) is 16.9. The molecule has 3 N–H and O–H groups in total. The van der Waals surface area contributed by atoms with Crippen molar-refractivity contribution in [2.24, 2.45) is 5.92 Å². The Labute approximate surface area is 188 Å². The molecule has 3 heterocycles. The monoisotopic (exact) mass is 434 g/mol. The smallest absolute Gasteiger partial charge is 0.238 e. The molecule has 0 spiro atoms. The highest BCUT2D eigenvalue weighted by atomic mass is 16.5. The van der Waals surface area contributed by atoms with E-state index in [0.717, 1.165) is 34.7 Å². The summed E-state index contributed by atoms with van der Waals surface area (Å²) in [7, 11) is 1.65. The van der Waals surface area contributed by atoms with Crippen molar-refractivity contribution in [3.63, 3.8) is 0 Å². The van der Waals surface area contributed by atoms with Crippen molar-refractivity contribution in [3.05, 3.63) is 54.9 Å². The maximum Gasteiger partial charge on any atom is 0.238 e. The Kier molecular flexibility index (Phi) is 6.82. The minimum Gasteiger partial charge on any atom is -0.497 e. The van der Waals surface area contributed by atoms with E-state index < -0.39 is 0 Å². The van der Waals surface area contributed by atoms with Gasteiger partial charge in [-0.1, -0.05) is 13.8 Å². The van der Waals surface area contributed by atoms with Gasteiger partial charge in [-0.3, -0.25) is 19.9 Å². The number of carbonyl (C=O) groups is 1. The van der Waals surface area contributed by atoms with Gasteiger partial charge in [0.1, 0.15) is 11.8 Å². The molecule has 1 fully saturated rings. The molecule has 32 heavy (non-hydrogen) atoms. The molecular weight excluding hydrogens is 404 g/mol. The molecule has 0 aliphatic carbocycles. The molecule has 4 rings (SSSR count). The minimum absolute atomic E-state index is 0.00594. The topological polar surface area (TPSA) is 93.1 Å². The summed E-state index contributed by atoms with van der Waals surface area (Å²) in [5.74, 6) is 1.04. The number of ether oxygens (including phenoxy) is 1. The van der Waals surface area contributed by atoms with E-state index in [-0.39, 0.29) is 17.9 Å². The van der Waals surface area contributed by atoms with Crippen LogP contribution in [0, 0.1) is 5.92 Å². The molecule has 1 saturated heterocycles. The number of rotatable bonds is 8. The van der Waals surface area contributed by atoms with E-state index in [9.17, 15) is 4.79 Å². The predicted octanol–water partition coefficient (Wildman–Crippen LogP) is 2.63. The van der Waals surface area contributed by atoms with Gasteiger partial charge in [0, 0.05) is 36.1 Å². The van der Waals surface area contributed by atoms with E-state index in [1.807, 2.05) is 47.3 Å². The number of amides is 1. The van der Waals surface area contributed by atoms with E-state index in [1.54, 1.807) is 13.3 Å². The van der Waals surface area contributed by atoms with Gasteiger partial charge >= 0.3 is 0 Å². The number of benzene rings is 1. The number of hydrazine groups is 1. The van der Waals surface area contributed by atoms with E-state index in [2.05, 4.69) is 41.1 Å². The summed E-state index contributed by atoms with van der Waals surface area (Å²) in [6.07, 6.45) is 4.56. The van der Waals surface area contributed by atoms with Crippen molar-refractivity contribution < 1.29 is 9.53 Å². The molecule has 0 saturated carbocycles. The van der Waals surface area contributed by atoms with E-state index in [1.165, 1.54) is 0 Å². The summed E-state index contributed by atoms with van der Waals surface area (Å²) >= 11 is 0. The van der Waals surface area contributed by atoms with E-state index in [4.69, 9.17) is 9.84 Å². The first-order valence-electron chi connectivity index (χ1n) is 11.0. The molecule has 1 aromatic carbocycles. The summed E-state index contributed by atoms with van der Waals surface area (Å²) in [5.41, 5.74) is 10.1. The molecule has 168 valence electrons. The molecule has 8 heteroatoms. The SMILES string of the molecule is CCC1NNC(C(=O)NCCn2nc(-c3ccc(OC)cc3)cc2-c2cccnc2)C1C. The van der Waals surface area contributed by atoms with Crippen LogP contribution in [0.5, 0.6) is 5.75 Å². The Hall–Kier alpha value is -3.23. The Bertz CT molecular complexity index is 1030. The largest absolute Gasteiger partial charge is 0.497 e. The van der Waals surface area contributed by atoms with E-state index >= 15 is 0 Å². The Morgan fingerprint density at radius 2 is 2.00 bits per heavy atom. The summed E-state index contributed by atoms with van der Waals surface area (Å²) in [6.45, 7) is 5.25. The zero-order valence-corrected chi connectivity index (χ0v) is 18.7.